The predicted molar refractivity (Wildman–Crippen MR) is 71.8 cm³/mol. The molecule has 1 spiro atoms. The van der Waals surface area contributed by atoms with Crippen LogP contribution in [0.25, 0.3) is 0 Å². The molecule has 0 amide bonds. The Labute approximate surface area is 105 Å². The van der Waals surface area contributed by atoms with Crippen molar-refractivity contribution in [2.45, 2.75) is 38.5 Å². The molecule has 2 nitrogen and oxygen atoms in total. The Balaban J connectivity index is 1.71. The van der Waals surface area contributed by atoms with E-state index in [0.717, 1.165) is 13.1 Å². The minimum absolute atomic E-state index is 0.631. The molecular formula is C15H24N2. The van der Waals surface area contributed by atoms with Gasteiger partial charge in [-0.25, -0.2) is 0 Å². The Morgan fingerprint density at radius 3 is 2.59 bits per heavy atom. The standard InChI is InChI=1S/C15H24N2/c1-2-7-15(6-1)8-3-4-14(5-9-15)17-12-10-16-11-13-17/h3-5,16H,1-2,6-13H2. The molecule has 2 fully saturated rings. The van der Waals surface area contributed by atoms with Gasteiger partial charge in [0, 0.05) is 31.9 Å². The Hall–Kier alpha value is -0.760. The molecule has 17 heavy (non-hydrogen) atoms. The maximum atomic E-state index is 3.43. The third-order valence-electron chi connectivity index (χ3n) is 4.73. The Morgan fingerprint density at radius 1 is 1.06 bits per heavy atom. The van der Waals surface area contributed by atoms with Gasteiger partial charge in [-0.15, -0.1) is 0 Å². The van der Waals surface area contributed by atoms with E-state index in [0.29, 0.717) is 5.41 Å². The molecule has 94 valence electrons. The van der Waals surface area contributed by atoms with Crippen molar-refractivity contribution >= 4 is 0 Å². The van der Waals surface area contributed by atoms with Gasteiger partial charge in [-0.2, -0.15) is 0 Å². The number of allylic oxidation sites excluding steroid dienone is 3. The van der Waals surface area contributed by atoms with Gasteiger partial charge in [-0.3, -0.25) is 0 Å². The fourth-order valence-corrected chi connectivity index (χ4v) is 3.59. The van der Waals surface area contributed by atoms with Gasteiger partial charge in [0.05, 0.1) is 0 Å². The lowest BCUT2D eigenvalue weighted by molar-refractivity contribution is 0.294. The molecule has 0 radical (unpaired) electrons. The highest BCUT2D eigenvalue weighted by atomic mass is 15.2. The molecule has 2 aliphatic carbocycles. The zero-order valence-electron chi connectivity index (χ0n) is 10.8. The second-order valence-corrected chi connectivity index (χ2v) is 5.88. The Kier molecular flexibility index (Phi) is 3.24. The molecular weight excluding hydrogens is 208 g/mol. The highest BCUT2D eigenvalue weighted by Gasteiger charge is 2.32. The van der Waals surface area contributed by atoms with Gasteiger partial charge in [-0.1, -0.05) is 25.0 Å². The van der Waals surface area contributed by atoms with Gasteiger partial charge in [0.25, 0.3) is 0 Å². The van der Waals surface area contributed by atoms with E-state index >= 15 is 0 Å². The maximum Gasteiger partial charge on any atom is 0.0323 e. The summed E-state index contributed by atoms with van der Waals surface area (Å²) in [6, 6.07) is 0. The van der Waals surface area contributed by atoms with Crippen LogP contribution < -0.4 is 5.32 Å². The smallest absolute Gasteiger partial charge is 0.0323 e. The van der Waals surface area contributed by atoms with Crippen LogP contribution in [0.1, 0.15) is 38.5 Å². The quantitative estimate of drug-likeness (QED) is 0.748. The average Bonchev–Trinajstić information content (AvgIpc) is 2.72. The van der Waals surface area contributed by atoms with E-state index in [1.165, 1.54) is 57.3 Å². The molecule has 2 heteroatoms. The Morgan fingerprint density at radius 2 is 1.82 bits per heavy atom. The lowest BCUT2D eigenvalue weighted by atomic mass is 9.80. The fourth-order valence-electron chi connectivity index (χ4n) is 3.59. The molecule has 1 heterocycles. The lowest BCUT2D eigenvalue weighted by Gasteiger charge is -2.30. The van der Waals surface area contributed by atoms with E-state index in [9.17, 15) is 0 Å². The van der Waals surface area contributed by atoms with Crippen molar-refractivity contribution in [3.63, 3.8) is 0 Å². The number of nitrogens with one attached hydrogen (secondary N) is 1. The topological polar surface area (TPSA) is 15.3 Å². The first-order valence-corrected chi connectivity index (χ1v) is 7.20. The van der Waals surface area contributed by atoms with Gasteiger partial charge in [-0.05, 0) is 37.2 Å². The second kappa shape index (κ2) is 4.85. The van der Waals surface area contributed by atoms with Crippen molar-refractivity contribution in [3.8, 4) is 0 Å². The molecule has 0 atom stereocenters. The summed E-state index contributed by atoms with van der Waals surface area (Å²) < 4.78 is 0. The van der Waals surface area contributed by atoms with E-state index in [1.807, 2.05) is 0 Å². The molecule has 1 saturated carbocycles. The average molecular weight is 232 g/mol. The van der Waals surface area contributed by atoms with Crippen LogP contribution in [-0.4, -0.2) is 31.1 Å². The summed E-state index contributed by atoms with van der Waals surface area (Å²) in [6.07, 6.45) is 15.7. The van der Waals surface area contributed by atoms with E-state index in [4.69, 9.17) is 0 Å². The van der Waals surface area contributed by atoms with Crippen molar-refractivity contribution in [2.24, 2.45) is 5.41 Å². The molecule has 0 aromatic heterocycles. The van der Waals surface area contributed by atoms with Crippen LogP contribution in [0.3, 0.4) is 0 Å². The van der Waals surface area contributed by atoms with Gasteiger partial charge >= 0.3 is 0 Å². The highest BCUT2D eigenvalue weighted by Crippen LogP contribution is 2.45. The summed E-state index contributed by atoms with van der Waals surface area (Å²) in [5.41, 5.74) is 2.11. The van der Waals surface area contributed by atoms with Crippen molar-refractivity contribution in [2.75, 3.05) is 26.2 Å². The van der Waals surface area contributed by atoms with Gasteiger partial charge in [0.1, 0.15) is 0 Å². The molecule has 0 bridgehead atoms. The largest absolute Gasteiger partial charge is 0.369 e. The number of nitrogens with zero attached hydrogens (tertiary/aromatic N) is 1. The van der Waals surface area contributed by atoms with Crippen LogP contribution in [-0.2, 0) is 0 Å². The van der Waals surface area contributed by atoms with Crippen molar-refractivity contribution in [1.82, 2.24) is 10.2 Å². The molecule has 1 aliphatic heterocycles. The molecule has 0 aromatic rings. The summed E-state index contributed by atoms with van der Waals surface area (Å²) in [7, 11) is 0. The van der Waals surface area contributed by atoms with Crippen LogP contribution in [0.15, 0.2) is 23.9 Å². The van der Waals surface area contributed by atoms with Gasteiger partial charge < -0.3 is 10.2 Å². The first-order valence-electron chi connectivity index (χ1n) is 7.20. The summed E-state index contributed by atoms with van der Waals surface area (Å²) >= 11 is 0. The van der Waals surface area contributed by atoms with Crippen molar-refractivity contribution < 1.29 is 0 Å². The number of rotatable bonds is 1. The normalized spacial score (nSPS) is 28.2. The van der Waals surface area contributed by atoms with Crippen LogP contribution in [0, 0.1) is 5.41 Å². The lowest BCUT2D eigenvalue weighted by Crippen LogP contribution is -2.42. The predicted octanol–water partition coefficient (Wildman–Crippen LogP) is 2.69. The minimum atomic E-state index is 0.631. The number of hydrogen-bond donors (Lipinski definition) is 1. The molecule has 1 N–H and O–H groups in total. The van der Waals surface area contributed by atoms with E-state index in [2.05, 4.69) is 28.4 Å². The van der Waals surface area contributed by atoms with Gasteiger partial charge in [0.15, 0.2) is 0 Å². The van der Waals surface area contributed by atoms with Crippen molar-refractivity contribution in [1.29, 1.82) is 0 Å². The molecule has 3 aliphatic rings. The molecule has 1 saturated heterocycles. The summed E-state index contributed by atoms with van der Waals surface area (Å²) in [6.45, 7) is 4.61. The fraction of sp³-hybridized carbons (Fsp3) is 0.733. The van der Waals surface area contributed by atoms with Crippen LogP contribution in [0.2, 0.25) is 0 Å². The summed E-state index contributed by atoms with van der Waals surface area (Å²) in [5, 5.41) is 3.43. The van der Waals surface area contributed by atoms with Crippen LogP contribution in [0.4, 0.5) is 0 Å². The third-order valence-corrected chi connectivity index (χ3v) is 4.73. The first kappa shape index (κ1) is 11.3. The highest BCUT2D eigenvalue weighted by molar-refractivity contribution is 5.22. The molecule has 0 aromatic carbocycles. The van der Waals surface area contributed by atoms with Crippen LogP contribution >= 0.6 is 0 Å². The van der Waals surface area contributed by atoms with E-state index in [1.54, 1.807) is 0 Å². The van der Waals surface area contributed by atoms with Crippen LogP contribution in [0.5, 0.6) is 0 Å². The zero-order chi connectivity index (χ0) is 11.6. The molecule has 3 rings (SSSR count). The summed E-state index contributed by atoms with van der Waals surface area (Å²) in [4.78, 5) is 2.54. The first-order chi connectivity index (χ1) is 8.38. The number of hydrogen-bond acceptors (Lipinski definition) is 2. The SMILES string of the molecule is C1=CC(N2CCNCC2)=CCC2(C1)CCCC2. The Bertz CT molecular complexity index is 318. The van der Waals surface area contributed by atoms with E-state index < -0.39 is 0 Å². The zero-order valence-corrected chi connectivity index (χ0v) is 10.8. The monoisotopic (exact) mass is 232 g/mol. The maximum absolute atomic E-state index is 3.43. The van der Waals surface area contributed by atoms with Crippen molar-refractivity contribution in [3.05, 3.63) is 23.9 Å². The van der Waals surface area contributed by atoms with E-state index in [-0.39, 0.29) is 0 Å². The second-order valence-electron chi connectivity index (χ2n) is 5.88. The third kappa shape index (κ3) is 2.42. The summed E-state index contributed by atoms with van der Waals surface area (Å²) in [5.74, 6) is 0. The number of piperazine rings is 1. The minimum Gasteiger partial charge on any atom is -0.369 e. The molecule has 0 unspecified atom stereocenters. The van der Waals surface area contributed by atoms with Gasteiger partial charge in [0.2, 0.25) is 0 Å².